The van der Waals surface area contributed by atoms with E-state index in [0.717, 1.165) is 39.8 Å². The highest BCUT2D eigenvalue weighted by Gasteiger charge is 2.13. The van der Waals surface area contributed by atoms with Gasteiger partial charge in [-0.25, -0.2) is 9.97 Å². The maximum absolute atomic E-state index is 12.4. The monoisotopic (exact) mass is 390 g/mol. The van der Waals surface area contributed by atoms with Crippen LogP contribution in [0.4, 0.5) is 0 Å². The molecule has 2 aromatic heterocycles. The van der Waals surface area contributed by atoms with Crippen molar-refractivity contribution in [3.8, 4) is 0 Å². The van der Waals surface area contributed by atoms with E-state index in [1.165, 1.54) is 17.3 Å². The maximum atomic E-state index is 12.4. The van der Waals surface area contributed by atoms with E-state index >= 15 is 0 Å². The molecule has 0 spiro atoms. The Balaban J connectivity index is 1.35. The lowest BCUT2D eigenvalue weighted by Gasteiger charge is -2.13. The van der Waals surface area contributed by atoms with Crippen LogP contribution >= 0.6 is 11.8 Å². The standard InChI is InChI=1S/C22H22N4OS/c1-15(11-12-16-7-3-2-4-8-16)25-19(27)13-28-22-21-20(23-14-24-22)17-9-5-6-10-18(17)26-21/h2-10,14-15,26H,11-13H2,1H3,(H,25,27)/t15-/m0/s1. The third-order valence-corrected chi connectivity index (χ3v) is 5.70. The Labute approximate surface area is 168 Å². The van der Waals surface area contributed by atoms with Gasteiger partial charge in [0.1, 0.15) is 16.9 Å². The Bertz CT molecular complexity index is 1090. The molecule has 0 aliphatic heterocycles. The second-order valence-electron chi connectivity index (χ2n) is 6.85. The molecule has 142 valence electrons. The van der Waals surface area contributed by atoms with E-state index in [4.69, 9.17) is 0 Å². The van der Waals surface area contributed by atoms with Crippen LogP contribution in [0.15, 0.2) is 66.0 Å². The van der Waals surface area contributed by atoms with Gasteiger partial charge in [-0.2, -0.15) is 0 Å². The summed E-state index contributed by atoms with van der Waals surface area (Å²) < 4.78 is 0. The molecule has 1 atom stereocenters. The Morgan fingerprint density at radius 2 is 1.89 bits per heavy atom. The number of hydrogen-bond acceptors (Lipinski definition) is 4. The summed E-state index contributed by atoms with van der Waals surface area (Å²) >= 11 is 1.44. The highest BCUT2D eigenvalue weighted by molar-refractivity contribution is 8.00. The number of aromatic nitrogens is 3. The van der Waals surface area contributed by atoms with E-state index in [1.807, 2.05) is 49.4 Å². The zero-order valence-corrected chi connectivity index (χ0v) is 16.5. The first kappa shape index (κ1) is 18.5. The number of para-hydroxylation sites is 1. The van der Waals surface area contributed by atoms with Crippen molar-refractivity contribution in [2.75, 3.05) is 5.75 Å². The summed E-state index contributed by atoms with van der Waals surface area (Å²) in [5.41, 5.74) is 4.10. The predicted octanol–water partition coefficient (Wildman–Crippen LogP) is 4.34. The van der Waals surface area contributed by atoms with Crippen LogP contribution in [0.25, 0.3) is 21.9 Å². The minimum Gasteiger partial charge on any atom is -0.353 e. The summed E-state index contributed by atoms with van der Waals surface area (Å²) in [6, 6.07) is 18.5. The number of aryl methyl sites for hydroxylation is 1. The van der Waals surface area contributed by atoms with Crippen LogP contribution in [0, 0.1) is 0 Å². The molecule has 0 unspecified atom stereocenters. The van der Waals surface area contributed by atoms with Crippen molar-refractivity contribution in [1.82, 2.24) is 20.3 Å². The fourth-order valence-electron chi connectivity index (χ4n) is 3.28. The zero-order chi connectivity index (χ0) is 19.3. The first-order chi connectivity index (χ1) is 13.7. The minimum atomic E-state index is 0.0217. The van der Waals surface area contributed by atoms with Crippen LogP contribution in [0.5, 0.6) is 0 Å². The number of nitrogens with one attached hydrogen (secondary N) is 2. The van der Waals surface area contributed by atoms with Gasteiger partial charge in [0.2, 0.25) is 5.91 Å². The Morgan fingerprint density at radius 3 is 2.75 bits per heavy atom. The molecule has 1 amide bonds. The molecule has 0 fully saturated rings. The van der Waals surface area contributed by atoms with Gasteiger partial charge < -0.3 is 10.3 Å². The highest BCUT2D eigenvalue weighted by Crippen LogP contribution is 2.29. The van der Waals surface area contributed by atoms with Gasteiger partial charge in [-0.05, 0) is 31.4 Å². The Morgan fingerprint density at radius 1 is 1.11 bits per heavy atom. The smallest absolute Gasteiger partial charge is 0.230 e. The number of fused-ring (bicyclic) bond motifs is 3. The molecule has 0 aliphatic carbocycles. The summed E-state index contributed by atoms with van der Waals surface area (Å²) in [7, 11) is 0. The summed E-state index contributed by atoms with van der Waals surface area (Å²) in [5.74, 6) is 0.352. The molecule has 4 rings (SSSR count). The molecule has 0 saturated carbocycles. The molecule has 2 N–H and O–H groups in total. The Kier molecular flexibility index (Phi) is 5.58. The first-order valence-corrected chi connectivity index (χ1v) is 10.4. The topological polar surface area (TPSA) is 70.7 Å². The van der Waals surface area contributed by atoms with Crippen molar-refractivity contribution in [3.63, 3.8) is 0 Å². The predicted molar refractivity (Wildman–Crippen MR) is 114 cm³/mol. The van der Waals surface area contributed by atoms with E-state index in [2.05, 4.69) is 32.4 Å². The van der Waals surface area contributed by atoms with Gasteiger partial charge >= 0.3 is 0 Å². The van der Waals surface area contributed by atoms with E-state index in [9.17, 15) is 4.79 Å². The summed E-state index contributed by atoms with van der Waals surface area (Å²) in [5, 5.41) is 4.95. The fraction of sp³-hybridized carbons (Fsp3) is 0.227. The lowest BCUT2D eigenvalue weighted by atomic mass is 10.1. The van der Waals surface area contributed by atoms with Crippen molar-refractivity contribution in [2.45, 2.75) is 30.8 Å². The molecule has 5 nitrogen and oxygen atoms in total. The van der Waals surface area contributed by atoms with Gasteiger partial charge in [0.15, 0.2) is 0 Å². The number of hydrogen-bond donors (Lipinski definition) is 2. The van der Waals surface area contributed by atoms with Crippen molar-refractivity contribution in [2.24, 2.45) is 0 Å². The number of aromatic amines is 1. The van der Waals surface area contributed by atoms with E-state index < -0.39 is 0 Å². The van der Waals surface area contributed by atoms with Gasteiger partial charge in [0.25, 0.3) is 0 Å². The van der Waals surface area contributed by atoms with Crippen LogP contribution < -0.4 is 5.32 Å². The lowest BCUT2D eigenvalue weighted by Crippen LogP contribution is -2.34. The van der Waals surface area contributed by atoms with Gasteiger partial charge in [0, 0.05) is 16.9 Å². The largest absolute Gasteiger partial charge is 0.353 e. The van der Waals surface area contributed by atoms with Crippen LogP contribution in [0.3, 0.4) is 0 Å². The number of rotatable bonds is 7. The second kappa shape index (κ2) is 8.44. The Hall–Kier alpha value is -2.86. The average molecular weight is 391 g/mol. The number of benzene rings is 2. The van der Waals surface area contributed by atoms with Crippen LogP contribution in [0.1, 0.15) is 18.9 Å². The molecule has 6 heteroatoms. The second-order valence-corrected chi connectivity index (χ2v) is 7.82. The third-order valence-electron chi connectivity index (χ3n) is 4.71. The third kappa shape index (κ3) is 4.17. The van der Waals surface area contributed by atoms with Crippen molar-refractivity contribution in [1.29, 1.82) is 0 Å². The quantitative estimate of drug-likeness (QED) is 0.364. The van der Waals surface area contributed by atoms with E-state index in [0.29, 0.717) is 5.75 Å². The van der Waals surface area contributed by atoms with Crippen molar-refractivity contribution >= 4 is 39.6 Å². The van der Waals surface area contributed by atoms with E-state index in [-0.39, 0.29) is 11.9 Å². The van der Waals surface area contributed by atoms with Crippen molar-refractivity contribution < 1.29 is 4.79 Å². The van der Waals surface area contributed by atoms with Gasteiger partial charge in [0.05, 0.1) is 11.3 Å². The molecule has 4 aromatic rings. The number of amides is 1. The molecule has 2 heterocycles. The molecule has 0 bridgehead atoms. The normalized spacial score (nSPS) is 12.3. The fourth-order valence-corrected chi connectivity index (χ4v) is 4.04. The summed E-state index contributed by atoms with van der Waals surface area (Å²) in [6.07, 6.45) is 3.43. The van der Waals surface area contributed by atoms with Gasteiger partial charge in [-0.1, -0.05) is 60.3 Å². The average Bonchev–Trinajstić information content (AvgIpc) is 3.11. The molecular weight excluding hydrogens is 368 g/mol. The van der Waals surface area contributed by atoms with Crippen LogP contribution in [0.2, 0.25) is 0 Å². The van der Waals surface area contributed by atoms with Gasteiger partial charge in [-0.3, -0.25) is 4.79 Å². The van der Waals surface area contributed by atoms with Gasteiger partial charge in [-0.15, -0.1) is 0 Å². The number of carbonyl (C=O) groups excluding carboxylic acids is 1. The van der Waals surface area contributed by atoms with Crippen molar-refractivity contribution in [3.05, 3.63) is 66.5 Å². The SMILES string of the molecule is C[C@@H](CCc1ccccc1)NC(=O)CSc1ncnc2c1[nH]c1ccccc12. The molecule has 0 radical (unpaired) electrons. The number of carbonyl (C=O) groups is 1. The lowest BCUT2D eigenvalue weighted by molar-refractivity contribution is -0.119. The van der Waals surface area contributed by atoms with Crippen LogP contribution in [-0.4, -0.2) is 32.7 Å². The minimum absolute atomic E-state index is 0.0217. The summed E-state index contributed by atoms with van der Waals surface area (Å²) in [6.45, 7) is 2.05. The van der Waals surface area contributed by atoms with E-state index in [1.54, 1.807) is 6.33 Å². The molecular formula is C22H22N4OS. The zero-order valence-electron chi connectivity index (χ0n) is 15.7. The summed E-state index contributed by atoms with van der Waals surface area (Å²) in [4.78, 5) is 24.5. The highest BCUT2D eigenvalue weighted by atomic mass is 32.2. The number of thioether (sulfide) groups is 1. The molecule has 2 aromatic carbocycles. The molecule has 0 aliphatic rings. The van der Waals surface area contributed by atoms with Crippen LogP contribution in [-0.2, 0) is 11.2 Å². The maximum Gasteiger partial charge on any atom is 0.230 e. The molecule has 28 heavy (non-hydrogen) atoms. The number of H-pyrrole nitrogens is 1. The number of nitrogens with zero attached hydrogens (tertiary/aromatic N) is 2. The molecule has 0 saturated heterocycles. The first-order valence-electron chi connectivity index (χ1n) is 9.38.